The molecule has 3 heterocycles. The summed E-state index contributed by atoms with van der Waals surface area (Å²) in [5.41, 5.74) is 2.48. The molecule has 2 aliphatic rings. The van der Waals surface area contributed by atoms with Gasteiger partial charge in [0.1, 0.15) is 23.1 Å². The molecule has 8 heteroatoms. The molecule has 0 unspecified atom stereocenters. The number of H-pyrrole nitrogens is 1. The minimum absolute atomic E-state index is 0.113. The van der Waals surface area contributed by atoms with E-state index in [0.717, 1.165) is 33.5 Å². The average molecular weight is 449 g/mol. The van der Waals surface area contributed by atoms with Gasteiger partial charge in [-0.3, -0.25) is 14.6 Å². The number of hydrogen-bond donors (Lipinski definition) is 2. The molecule has 172 valence electrons. The van der Waals surface area contributed by atoms with Crippen molar-refractivity contribution >= 4 is 22.8 Å². The van der Waals surface area contributed by atoms with Crippen LogP contribution in [-0.2, 0) is 11.2 Å². The average Bonchev–Trinajstić information content (AvgIpc) is 3.22. The summed E-state index contributed by atoms with van der Waals surface area (Å²) in [5, 5.41) is 11.2. The summed E-state index contributed by atoms with van der Waals surface area (Å²) in [6, 6.07) is 11.9. The maximum Gasteiger partial charge on any atom is 0.328 e. The molecule has 3 amide bonds. The standard InChI is InChI=1S/C25H28N4O4/c1-25-14-19-18-13-17(33-4)8-9-20(18)26-21(19)22(15-6-5-7-16(30)12-15)29(25)24(32)28(23(25)31)11-10-27(2)3/h5-9,12-13,22,26,30H,10-11,14H2,1-4H3/t22-,25+/m1/s1. The lowest BCUT2D eigenvalue weighted by atomic mass is 9.81. The monoisotopic (exact) mass is 448 g/mol. The smallest absolute Gasteiger partial charge is 0.328 e. The second kappa shape index (κ2) is 7.52. The number of likely N-dealkylation sites (N-methyl/N-ethyl adjacent to an activating group) is 1. The van der Waals surface area contributed by atoms with Gasteiger partial charge in [0.05, 0.1) is 7.11 Å². The number of nitrogens with zero attached hydrogens (tertiary/aromatic N) is 3. The first-order chi connectivity index (χ1) is 15.7. The number of aromatic hydroxyl groups is 1. The maximum atomic E-state index is 13.7. The number of aromatic nitrogens is 1. The van der Waals surface area contributed by atoms with Crippen molar-refractivity contribution < 1.29 is 19.4 Å². The van der Waals surface area contributed by atoms with Gasteiger partial charge < -0.3 is 19.7 Å². The van der Waals surface area contributed by atoms with Gasteiger partial charge in [-0.1, -0.05) is 12.1 Å². The Balaban J connectivity index is 1.72. The number of ether oxygens (including phenoxy) is 1. The lowest BCUT2D eigenvalue weighted by Gasteiger charge is -2.42. The van der Waals surface area contributed by atoms with E-state index in [1.807, 2.05) is 50.2 Å². The summed E-state index contributed by atoms with van der Waals surface area (Å²) < 4.78 is 5.44. The van der Waals surface area contributed by atoms with E-state index in [9.17, 15) is 14.7 Å². The summed E-state index contributed by atoms with van der Waals surface area (Å²) in [7, 11) is 5.46. The summed E-state index contributed by atoms with van der Waals surface area (Å²) in [6.07, 6.45) is 0.397. The first-order valence-corrected chi connectivity index (χ1v) is 11.0. The van der Waals surface area contributed by atoms with Crippen LogP contribution in [0.25, 0.3) is 10.9 Å². The Kier molecular flexibility index (Phi) is 4.86. The van der Waals surface area contributed by atoms with Crippen molar-refractivity contribution in [2.24, 2.45) is 0 Å². The van der Waals surface area contributed by atoms with Crippen LogP contribution in [0.1, 0.15) is 29.8 Å². The van der Waals surface area contributed by atoms with E-state index in [-0.39, 0.29) is 17.7 Å². The lowest BCUT2D eigenvalue weighted by Crippen LogP contribution is -2.53. The molecular weight excluding hydrogens is 420 g/mol. The van der Waals surface area contributed by atoms with Gasteiger partial charge in [0.2, 0.25) is 0 Å². The van der Waals surface area contributed by atoms with E-state index in [2.05, 4.69) is 4.98 Å². The van der Waals surface area contributed by atoms with Gasteiger partial charge in [-0.15, -0.1) is 0 Å². The Hall–Kier alpha value is -3.52. The van der Waals surface area contributed by atoms with E-state index in [1.54, 1.807) is 30.2 Å². The Bertz CT molecular complexity index is 1270. The van der Waals surface area contributed by atoms with Crippen LogP contribution < -0.4 is 4.74 Å². The minimum atomic E-state index is -1.04. The zero-order valence-corrected chi connectivity index (χ0v) is 19.3. The summed E-state index contributed by atoms with van der Waals surface area (Å²) in [6.45, 7) is 2.76. The van der Waals surface area contributed by atoms with Crippen LogP contribution in [-0.4, -0.2) is 76.6 Å². The van der Waals surface area contributed by atoms with Crippen LogP contribution in [0.4, 0.5) is 4.79 Å². The minimum Gasteiger partial charge on any atom is -0.508 e. The number of phenols is 1. The predicted molar refractivity (Wildman–Crippen MR) is 124 cm³/mol. The lowest BCUT2D eigenvalue weighted by molar-refractivity contribution is -0.133. The predicted octanol–water partition coefficient (Wildman–Crippen LogP) is 3.11. The van der Waals surface area contributed by atoms with Gasteiger partial charge >= 0.3 is 6.03 Å². The highest BCUT2D eigenvalue weighted by atomic mass is 16.5. The molecule has 3 aromatic rings. The molecule has 0 saturated carbocycles. The molecule has 8 nitrogen and oxygen atoms in total. The number of methoxy groups -OCH3 is 1. The van der Waals surface area contributed by atoms with Gasteiger partial charge in [0.25, 0.3) is 5.91 Å². The van der Waals surface area contributed by atoms with Gasteiger partial charge in [0.15, 0.2) is 0 Å². The number of urea groups is 1. The molecule has 0 radical (unpaired) electrons. The number of benzene rings is 2. The number of nitrogens with one attached hydrogen (secondary N) is 1. The molecular formula is C25H28N4O4. The van der Waals surface area contributed by atoms with E-state index >= 15 is 0 Å². The fourth-order valence-electron chi connectivity index (χ4n) is 5.16. The van der Waals surface area contributed by atoms with E-state index in [1.165, 1.54) is 4.90 Å². The largest absolute Gasteiger partial charge is 0.508 e. The third-order valence-corrected chi connectivity index (χ3v) is 6.83. The quantitative estimate of drug-likeness (QED) is 0.586. The summed E-state index contributed by atoms with van der Waals surface area (Å²) in [4.78, 5) is 35.9. The van der Waals surface area contributed by atoms with E-state index < -0.39 is 11.6 Å². The van der Waals surface area contributed by atoms with Crippen LogP contribution in [0.15, 0.2) is 42.5 Å². The van der Waals surface area contributed by atoms with Gasteiger partial charge in [-0.25, -0.2) is 4.79 Å². The third-order valence-electron chi connectivity index (χ3n) is 6.83. The summed E-state index contributed by atoms with van der Waals surface area (Å²) in [5.74, 6) is 0.649. The van der Waals surface area contributed by atoms with Crippen molar-refractivity contribution in [3.8, 4) is 11.5 Å². The van der Waals surface area contributed by atoms with Crippen molar-refractivity contribution in [2.75, 3.05) is 34.3 Å². The number of amides is 3. The van der Waals surface area contributed by atoms with Gasteiger partial charge in [0, 0.05) is 36.1 Å². The zero-order chi connectivity index (χ0) is 23.5. The second-order valence-electron chi connectivity index (χ2n) is 9.29. The molecule has 0 bridgehead atoms. The van der Waals surface area contributed by atoms with Gasteiger partial charge in [-0.2, -0.15) is 0 Å². The molecule has 1 aromatic heterocycles. The van der Waals surface area contributed by atoms with Crippen molar-refractivity contribution in [3.63, 3.8) is 0 Å². The Labute approximate surface area is 192 Å². The van der Waals surface area contributed by atoms with Crippen LogP contribution in [0.3, 0.4) is 0 Å². The second-order valence-corrected chi connectivity index (χ2v) is 9.29. The number of phenolic OH excluding ortho intramolecular Hbond substituents is 1. The highest BCUT2D eigenvalue weighted by Crippen LogP contribution is 2.49. The zero-order valence-electron chi connectivity index (χ0n) is 19.3. The normalized spacial score (nSPS) is 22.3. The molecule has 2 N–H and O–H groups in total. The molecule has 2 aliphatic heterocycles. The fraction of sp³-hybridized carbons (Fsp3) is 0.360. The van der Waals surface area contributed by atoms with Crippen LogP contribution in [0, 0.1) is 0 Å². The van der Waals surface area contributed by atoms with Crippen molar-refractivity contribution in [2.45, 2.75) is 24.9 Å². The molecule has 2 aromatic carbocycles. The van der Waals surface area contributed by atoms with Crippen LogP contribution in [0.5, 0.6) is 11.5 Å². The van der Waals surface area contributed by atoms with Gasteiger partial charge in [-0.05, 0) is 62.5 Å². The first kappa shape index (κ1) is 21.3. The number of rotatable bonds is 5. The summed E-state index contributed by atoms with van der Waals surface area (Å²) >= 11 is 0. The topological polar surface area (TPSA) is 89.1 Å². The Morgan fingerprint density at radius 3 is 2.70 bits per heavy atom. The maximum absolute atomic E-state index is 13.7. The molecule has 0 spiro atoms. The highest BCUT2D eigenvalue weighted by Gasteiger charge is 2.60. The number of hydrogen-bond acceptors (Lipinski definition) is 5. The number of fused-ring (bicyclic) bond motifs is 4. The van der Waals surface area contributed by atoms with Crippen molar-refractivity contribution in [3.05, 3.63) is 59.3 Å². The van der Waals surface area contributed by atoms with Crippen molar-refractivity contribution in [1.82, 2.24) is 19.7 Å². The molecule has 0 aliphatic carbocycles. The molecule has 5 rings (SSSR count). The fourth-order valence-corrected chi connectivity index (χ4v) is 5.16. The third kappa shape index (κ3) is 3.16. The van der Waals surface area contributed by atoms with Crippen LogP contribution >= 0.6 is 0 Å². The number of aromatic amines is 1. The molecule has 1 fully saturated rings. The van der Waals surface area contributed by atoms with E-state index in [4.69, 9.17) is 4.74 Å². The van der Waals surface area contributed by atoms with Crippen molar-refractivity contribution in [1.29, 1.82) is 0 Å². The first-order valence-electron chi connectivity index (χ1n) is 11.0. The SMILES string of the molecule is COc1ccc2[nH]c3c(c2c1)C[C@@]1(C)C(=O)N(CCN(C)C)C(=O)N1[C@@H]3c1cccc(O)c1. The number of imide groups is 1. The molecule has 1 saturated heterocycles. The number of carbonyl (C=O) groups is 2. The molecule has 33 heavy (non-hydrogen) atoms. The molecule has 2 atom stereocenters. The number of carbonyl (C=O) groups excluding carboxylic acids is 2. The van der Waals surface area contributed by atoms with Crippen LogP contribution in [0.2, 0.25) is 0 Å². The highest BCUT2D eigenvalue weighted by molar-refractivity contribution is 6.08. The Morgan fingerprint density at radius 2 is 2.00 bits per heavy atom. The Morgan fingerprint density at radius 1 is 1.21 bits per heavy atom. The van der Waals surface area contributed by atoms with E-state index in [0.29, 0.717) is 19.5 Å².